The van der Waals surface area contributed by atoms with Crippen molar-refractivity contribution in [2.24, 2.45) is 0 Å². The Balaban J connectivity index is 1.79. The van der Waals surface area contributed by atoms with Crippen molar-refractivity contribution in [3.63, 3.8) is 0 Å². The Bertz CT molecular complexity index is 506. The summed E-state index contributed by atoms with van der Waals surface area (Å²) in [6.45, 7) is 5.47. The maximum Gasteiger partial charge on any atom is 0.266 e. The zero-order chi connectivity index (χ0) is 14.8. The zero-order valence-corrected chi connectivity index (χ0v) is 14.3. The van der Waals surface area contributed by atoms with Gasteiger partial charge in [-0.25, -0.2) is 4.98 Å². The number of hydrogen-bond donors (Lipinski definition) is 0. The quantitative estimate of drug-likeness (QED) is 0.853. The average Bonchev–Trinajstić information content (AvgIpc) is 3.16. The number of amides is 1. The fourth-order valence-corrected chi connectivity index (χ4v) is 5.13. The Morgan fingerprint density at radius 1 is 1.43 bits per heavy atom. The van der Waals surface area contributed by atoms with E-state index < -0.39 is 0 Å². The van der Waals surface area contributed by atoms with Crippen LogP contribution in [0.4, 0.5) is 0 Å². The van der Waals surface area contributed by atoms with E-state index in [4.69, 9.17) is 4.74 Å². The van der Waals surface area contributed by atoms with Crippen molar-refractivity contribution >= 4 is 29.0 Å². The minimum absolute atomic E-state index is 0.154. The molecule has 116 valence electrons. The third-order valence-electron chi connectivity index (χ3n) is 4.13. The molecule has 0 bridgehead atoms. The minimum atomic E-state index is 0.154. The van der Waals surface area contributed by atoms with Crippen molar-refractivity contribution in [1.29, 1.82) is 0 Å². The molecule has 0 radical (unpaired) electrons. The SMILES string of the molecule is Cc1nc(C)c(C(=O)N(CC2CCCO2)C2CCSC2)s1. The van der Waals surface area contributed by atoms with E-state index >= 15 is 0 Å². The predicted molar refractivity (Wildman–Crippen MR) is 87.3 cm³/mol. The molecule has 3 rings (SSSR count). The van der Waals surface area contributed by atoms with Gasteiger partial charge in [-0.3, -0.25) is 4.79 Å². The standard InChI is InChI=1S/C15H22N2O2S2/c1-10-14(21-11(2)16-10)15(18)17(12-5-7-20-9-12)8-13-4-3-6-19-13/h12-13H,3-9H2,1-2H3. The second-order valence-electron chi connectivity index (χ2n) is 5.76. The molecular formula is C15H22N2O2S2. The summed E-state index contributed by atoms with van der Waals surface area (Å²) in [5, 5.41) is 0.966. The Kier molecular flexibility index (Phi) is 4.86. The van der Waals surface area contributed by atoms with E-state index in [0.29, 0.717) is 6.04 Å². The van der Waals surface area contributed by atoms with Gasteiger partial charge in [-0.2, -0.15) is 11.8 Å². The lowest BCUT2D eigenvalue weighted by Crippen LogP contribution is -2.44. The number of aryl methyl sites for hydroxylation is 2. The van der Waals surface area contributed by atoms with E-state index in [9.17, 15) is 4.79 Å². The monoisotopic (exact) mass is 326 g/mol. The van der Waals surface area contributed by atoms with Gasteiger partial charge in [0.05, 0.1) is 16.8 Å². The number of thioether (sulfide) groups is 1. The maximum atomic E-state index is 13.0. The smallest absolute Gasteiger partial charge is 0.266 e. The van der Waals surface area contributed by atoms with Gasteiger partial charge in [0.1, 0.15) is 4.88 Å². The van der Waals surface area contributed by atoms with Gasteiger partial charge >= 0.3 is 0 Å². The van der Waals surface area contributed by atoms with E-state index in [-0.39, 0.29) is 12.0 Å². The van der Waals surface area contributed by atoms with E-state index in [1.807, 2.05) is 25.6 Å². The molecule has 2 aliphatic heterocycles. The zero-order valence-electron chi connectivity index (χ0n) is 12.6. The van der Waals surface area contributed by atoms with Crippen LogP contribution in [0.1, 0.15) is 39.6 Å². The molecule has 6 heteroatoms. The highest BCUT2D eigenvalue weighted by molar-refractivity contribution is 7.99. The summed E-state index contributed by atoms with van der Waals surface area (Å²) < 4.78 is 5.75. The molecule has 2 fully saturated rings. The van der Waals surface area contributed by atoms with Crippen molar-refractivity contribution < 1.29 is 9.53 Å². The molecule has 21 heavy (non-hydrogen) atoms. The number of nitrogens with zero attached hydrogens (tertiary/aromatic N) is 2. The van der Waals surface area contributed by atoms with Crippen molar-refractivity contribution in [2.75, 3.05) is 24.7 Å². The number of rotatable bonds is 4. The van der Waals surface area contributed by atoms with Crippen LogP contribution in [0.3, 0.4) is 0 Å². The van der Waals surface area contributed by atoms with Crippen LogP contribution in [0.2, 0.25) is 0 Å². The minimum Gasteiger partial charge on any atom is -0.376 e. The first kappa shape index (κ1) is 15.3. The van der Waals surface area contributed by atoms with Crippen LogP contribution in [-0.2, 0) is 4.74 Å². The molecule has 2 aliphatic rings. The molecule has 1 aromatic rings. The Morgan fingerprint density at radius 3 is 2.86 bits per heavy atom. The molecule has 1 amide bonds. The van der Waals surface area contributed by atoms with E-state index in [2.05, 4.69) is 9.88 Å². The topological polar surface area (TPSA) is 42.4 Å². The average molecular weight is 326 g/mol. The Morgan fingerprint density at radius 2 is 2.29 bits per heavy atom. The lowest BCUT2D eigenvalue weighted by Gasteiger charge is -2.30. The van der Waals surface area contributed by atoms with E-state index in [1.165, 1.54) is 11.3 Å². The molecule has 2 saturated heterocycles. The van der Waals surface area contributed by atoms with Crippen molar-refractivity contribution in [3.8, 4) is 0 Å². The normalized spacial score (nSPS) is 25.4. The number of carbonyl (C=O) groups is 1. The summed E-state index contributed by atoms with van der Waals surface area (Å²) >= 11 is 3.46. The van der Waals surface area contributed by atoms with Gasteiger partial charge in [0.25, 0.3) is 5.91 Å². The lowest BCUT2D eigenvalue weighted by molar-refractivity contribution is 0.0444. The highest BCUT2D eigenvalue weighted by Crippen LogP contribution is 2.28. The van der Waals surface area contributed by atoms with Gasteiger partial charge < -0.3 is 9.64 Å². The molecular weight excluding hydrogens is 304 g/mol. The van der Waals surface area contributed by atoms with Gasteiger partial charge in [0.15, 0.2) is 0 Å². The van der Waals surface area contributed by atoms with Gasteiger partial charge in [-0.15, -0.1) is 11.3 Å². The summed E-state index contributed by atoms with van der Waals surface area (Å²) in [4.78, 5) is 20.3. The molecule has 0 N–H and O–H groups in total. The van der Waals surface area contributed by atoms with Gasteiger partial charge in [0.2, 0.25) is 0 Å². The second-order valence-corrected chi connectivity index (χ2v) is 8.11. The van der Waals surface area contributed by atoms with Crippen molar-refractivity contribution in [2.45, 2.75) is 45.3 Å². The molecule has 0 spiro atoms. The molecule has 2 unspecified atom stereocenters. The van der Waals surface area contributed by atoms with Gasteiger partial charge in [-0.1, -0.05) is 0 Å². The van der Waals surface area contributed by atoms with Crippen LogP contribution < -0.4 is 0 Å². The maximum absolute atomic E-state index is 13.0. The summed E-state index contributed by atoms with van der Waals surface area (Å²) in [6.07, 6.45) is 3.50. The highest BCUT2D eigenvalue weighted by Gasteiger charge is 2.32. The number of hydrogen-bond acceptors (Lipinski definition) is 5. The molecule has 2 atom stereocenters. The first-order valence-corrected chi connectivity index (χ1v) is 9.56. The van der Waals surface area contributed by atoms with Gasteiger partial charge in [0, 0.05) is 24.9 Å². The molecule has 0 aliphatic carbocycles. The van der Waals surface area contributed by atoms with Crippen LogP contribution in [0.5, 0.6) is 0 Å². The Hall–Kier alpha value is -0.590. The summed E-state index contributed by atoms with van der Waals surface area (Å²) in [7, 11) is 0. The third kappa shape index (κ3) is 3.43. The van der Waals surface area contributed by atoms with Crippen LogP contribution in [0.15, 0.2) is 0 Å². The molecule has 4 nitrogen and oxygen atoms in total. The number of aromatic nitrogens is 1. The van der Waals surface area contributed by atoms with E-state index in [1.54, 1.807) is 0 Å². The first-order valence-electron chi connectivity index (χ1n) is 7.59. The van der Waals surface area contributed by atoms with Crippen molar-refractivity contribution in [1.82, 2.24) is 9.88 Å². The van der Waals surface area contributed by atoms with Crippen molar-refractivity contribution in [3.05, 3.63) is 15.6 Å². The number of carbonyl (C=O) groups excluding carboxylic acids is 1. The second kappa shape index (κ2) is 6.67. The predicted octanol–water partition coefficient (Wildman–Crippen LogP) is 2.89. The fourth-order valence-electron chi connectivity index (χ4n) is 3.03. The third-order valence-corrected chi connectivity index (χ3v) is 6.34. The van der Waals surface area contributed by atoms with E-state index in [0.717, 1.165) is 59.5 Å². The van der Waals surface area contributed by atoms with Crippen LogP contribution in [0.25, 0.3) is 0 Å². The highest BCUT2D eigenvalue weighted by atomic mass is 32.2. The lowest BCUT2D eigenvalue weighted by atomic mass is 10.1. The first-order chi connectivity index (χ1) is 10.1. The molecule has 0 aromatic carbocycles. The van der Waals surface area contributed by atoms with Crippen LogP contribution >= 0.6 is 23.1 Å². The number of thiazole rings is 1. The molecule has 0 saturated carbocycles. The summed E-state index contributed by atoms with van der Waals surface area (Å²) in [6, 6.07) is 0.355. The molecule has 1 aromatic heterocycles. The summed E-state index contributed by atoms with van der Waals surface area (Å²) in [5.74, 6) is 2.36. The van der Waals surface area contributed by atoms with Crippen LogP contribution in [-0.4, -0.2) is 52.6 Å². The Labute approximate surface area is 134 Å². The molecule has 3 heterocycles. The largest absolute Gasteiger partial charge is 0.376 e. The number of ether oxygens (including phenoxy) is 1. The van der Waals surface area contributed by atoms with Gasteiger partial charge in [-0.05, 0) is 38.9 Å². The van der Waals surface area contributed by atoms with Crippen LogP contribution in [0, 0.1) is 13.8 Å². The fraction of sp³-hybridized carbons (Fsp3) is 0.733. The summed E-state index contributed by atoms with van der Waals surface area (Å²) in [5.41, 5.74) is 0.866.